The van der Waals surface area contributed by atoms with Gasteiger partial charge in [-0.3, -0.25) is 0 Å². The summed E-state index contributed by atoms with van der Waals surface area (Å²) in [5, 5.41) is 14.6. The van der Waals surface area contributed by atoms with Crippen molar-refractivity contribution in [2.75, 3.05) is 26.7 Å². The summed E-state index contributed by atoms with van der Waals surface area (Å²) in [6.45, 7) is 2.32. The van der Waals surface area contributed by atoms with Gasteiger partial charge in [-0.1, -0.05) is 11.6 Å². The van der Waals surface area contributed by atoms with Crippen LogP contribution in [0.1, 0.15) is 29.4 Å². The van der Waals surface area contributed by atoms with Gasteiger partial charge in [-0.25, -0.2) is 5.84 Å². The number of ether oxygens (including phenoxy) is 1. The van der Waals surface area contributed by atoms with Crippen molar-refractivity contribution in [1.82, 2.24) is 10.3 Å². The maximum atomic E-state index is 9.90. The molecule has 2 aliphatic rings. The Morgan fingerprint density at radius 2 is 2.23 bits per heavy atom. The average molecular weight is 347 g/mol. The molecule has 6 nitrogen and oxygen atoms in total. The Balaban J connectivity index is 0.000000254. The van der Waals surface area contributed by atoms with E-state index in [1.54, 1.807) is 24.6 Å². The van der Waals surface area contributed by atoms with Gasteiger partial charge in [0.25, 0.3) is 0 Å². The van der Waals surface area contributed by atoms with E-state index in [-0.39, 0.29) is 5.60 Å². The van der Waals surface area contributed by atoms with Gasteiger partial charge in [0.2, 0.25) is 0 Å². The van der Waals surface area contributed by atoms with Gasteiger partial charge in [-0.2, -0.15) is 0 Å². The molecule has 3 heterocycles. The lowest BCUT2D eigenvalue weighted by Gasteiger charge is -2.41. The van der Waals surface area contributed by atoms with Gasteiger partial charge >= 0.3 is 0 Å². The molecular weight excluding hydrogens is 324 g/mol. The van der Waals surface area contributed by atoms with E-state index in [4.69, 9.17) is 27.9 Å². The number of thiophene rings is 1. The molecule has 0 amide bonds. The molecule has 0 saturated carbocycles. The van der Waals surface area contributed by atoms with E-state index in [1.165, 1.54) is 11.2 Å². The molecule has 0 radical (unpaired) electrons. The van der Waals surface area contributed by atoms with Gasteiger partial charge in [0.15, 0.2) is 0 Å². The van der Waals surface area contributed by atoms with Crippen molar-refractivity contribution >= 4 is 22.9 Å². The number of hydrazine groups is 1. The van der Waals surface area contributed by atoms with Gasteiger partial charge in [-0.15, -0.1) is 11.3 Å². The molecule has 0 aliphatic carbocycles. The third kappa shape index (κ3) is 3.92. The molecule has 0 aromatic carbocycles. The summed E-state index contributed by atoms with van der Waals surface area (Å²) in [6.07, 6.45) is 4.34. The summed E-state index contributed by atoms with van der Waals surface area (Å²) in [6, 6.07) is 1.89. The van der Waals surface area contributed by atoms with Crippen LogP contribution in [0.4, 0.5) is 0 Å². The lowest BCUT2D eigenvalue weighted by atomic mass is 9.85. The number of nitrogens with two attached hydrogens (primary N) is 2. The zero-order chi connectivity index (χ0) is 16.2. The monoisotopic (exact) mass is 346 g/mol. The second-order valence-electron chi connectivity index (χ2n) is 5.41. The predicted octanol–water partition coefficient (Wildman–Crippen LogP) is 1.27. The molecule has 1 fully saturated rings. The van der Waals surface area contributed by atoms with Crippen LogP contribution in [0.3, 0.4) is 0 Å². The number of piperidine rings is 1. The zero-order valence-corrected chi connectivity index (χ0v) is 14.2. The second kappa shape index (κ2) is 7.63. The predicted molar refractivity (Wildman–Crippen MR) is 89.3 cm³/mol. The Labute approximate surface area is 139 Å². The molecule has 0 bridgehead atoms. The lowest BCUT2D eigenvalue weighted by Crippen LogP contribution is -2.44. The van der Waals surface area contributed by atoms with Crippen LogP contribution in [0.5, 0.6) is 0 Å². The smallest absolute Gasteiger partial charge is 0.105 e. The van der Waals surface area contributed by atoms with Crippen molar-refractivity contribution in [3.05, 3.63) is 33.2 Å². The minimum atomic E-state index is -0.515. The molecule has 22 heavy (non-hydrogen) atoms. The Morgan fingerprint density at radius 3 is 2.77 bits per heavy atom. The Kier molecular flexibility index (Phi) is 6.08. The number of rotatable bonds is 1. The van der Waals surface area contributed by atoms with Crippen molar-refractivity contribution in [3.8, 4) is 0 Å². The van der Waals surface area contributed by atoms with E-state index in [2.05, 4.69) is 5.32 Å². The van der Waals surface area contributed by atoms with Crippen LogP contribution in [0.2, 0.25) is 4.34 Å². The second-order valence-corrected chi connectivity index (χ2v) is 7.10. The molecule has 1 unspecified atom stereocenters. The molecule has 1 spiro atoms. The van der Waals surface area contributed by atoms with Crippen LogP contribution in [0.15, 0.2) is 18.5 Å². The summed E-state index contributed by atoms with van der Waals surface area (Å²) < 4.78 is 6.66. The average Bonchev–Trinajstić information content (AvgIpc) is 2.89. The van der Waals surface area contributed by atoms with Crippen molar-refractivity contribution in [2.45, 2.75) is 24.5 Å². The van der Waals surface area contributed by atoms with E-state index in [9.17, 15) is 5.11 Å². The highest BCUT2D eigenvalue weighted by molar-refractivity contribution is 7.16. The SMILES string of the molecule is CN(N)/C=C\N.OC1COC2(CCNCC2)c2sc(Cl)cc21. The first kappa shape index (κ1) is 17.5. The Hall–Kier alpha value is -0.830. The number of aliphatic hydroxyl groups excluding tert-OH is 1. The first-order valence-corrected chi connectivity index (χ1v) is 8.36. The molecule has 8 heteroatoms. The molecular formula is C14H23ClN4O2S. The minimum absolute atomic E-state index is 0.197. The first-order valence-electron chi connectivity index (χ1n) is 7.17. The highest BCUT2D eigenvalue weighted by Gasteiger charge is 2.43. The highest BCUT2D eigenvalue weighted by Crippen LogP contribution is 2.48. The van der Waals surface area contributed by atoms with Gasteiger partial charge in [0.1, 0.15) is 11.7 Å². The van der Waals surface area contributed by atoms with Crippen molar-refractivity contribution in [2.24, 2.45) is 11.6 Å². The molecule has 1 atom stereocenters. The summed E-state index contributed by atoms with van der Waals surface area (Å²) in [7, 11) is 1.70. The first-order chi connectivity index (χ1) is 10.5. The zero-order valence-electron chi connectivity index (χ0n) is 12.6. The Morgan fingerprint density at radius 1 is 1.55 bits per heavy atom. The number of aliphatic hydroxyl groups is 1. The number of fused-ring (bicyclic) bond motifs is 2. The van der Waals surface area contributed by atoms with Crippen LogP contribution >= 0.6 is 22.9 Å². The lowest BCUT2D eigenvalue weighted by molar-refractivity contribution is -0.115. The minimum Gasteiger partial charge on any atom is -0.403 e. The molecule has 3 rings (SSSR count). The largest absolute Gasteiger partial charge is 0.403 e. The van der Waals surface area contributed by atoms with Gasteiger partial charge in [-0.05, 0) is 32.0 Å². The highest BCUT2D eigenvalue weighted by atomic mass is 35.5. The number of halogens is 1. The van der Waals surface area contributed by atoms with E-state index < -0.39 is 6.10 Å². The molecule has 1 aromatic heterocycles. The summed E-state index contributed by atoms with van der Waals surface area (Å²) >= 11 is 7.61. The summed E-state index contributed by atoms with van der Waals surface area (Å²) in [5.41, 5.74) is 5.71. The summed E-state index contributed by atoms with van der Waals surface area (Å²) in [4.78, 5) is 1.14. The quantitative estimate of drug-likeness (QED) is 0.451. The molecule has 6 N–H and O–H groups in total. The number of nitrogens with zero attached hydrogens (tertiary/aromatic N) is 1. The van der Waals surface area contributed by atoms with Gasteiger partial charge in [0.05, 0.1) is 10.9 Å². The van der Waals surface area contributed by atoms with Crippen LogP contribution in [0.25, 0.3) is 0 Å². The molecule has 1 saturated heterocycles. The third-order valence-corrected chi connectivity index (χ3v) is 5.22. The fourth-order valence-electron chi connectivity index (χ4n) is 2.71. The van der Waals surface area contributed by atoms with E-state index in [1.807, 2.05) is 6.07 Å². The Bertz CT molecular complexity index is 515. The summed E-state index contributed by atoms with van der Waals surface area (Å²) in [5.74, 6) is 5.07. The van der Waals surface area contributed by atoms with Gasteiger partial charge in [0, 0.05) is 29.9 Å². The van der Waals surface area contributed by atoms with Crippen LogP contribution in [-0.4, -0.2) is 36.9 Å². The molecule has 2 aliphatic heterocycles. The fourth-order valence-corrected chi connectivity index (χ4v) is 4.20. The van der Waals surface area contributed by atoms with E-state index in [0.29, 0.717) is 6.61 Å². The van der Waals surface area contributed by atoms with Crippen LogP contribution in [0, 0.1) is 0 Å². The van der Waals surface area contributed by atoms with Crippen LogP contribution in [-0.2, 0) is 10.3 Å². The third-order valence-electron chi connectivity index (χ3n) is 3.75. The normalized spacial score (nSPS) is 23.0. The van der Waals surface area contributed by atoms with Crippen molar-refractivity contribution < 1.29 is 9.84 Å². The standard InChI is InChI=1S/C11H14ClNO2S.C3H9N3/c12-9-5-7-8(14)6-15-11(10(7)16-9)1-3-13-4-2-11;1-6(5)3-2-4/h5,8,13-14H,1-4,6H2;2-3H,4-5H2,1H3/b;3-2-. The molecule has 124 valence electrons. The van der Waals surface area contributed by atoms with Crippen molar-refractivity contribution in [1.29, 1.82) is 0 Å². The van der Waals surface area contributed by atoms with E-state index >= 15 is 0 Å². The van der Waals surface area contributed by atoms with E-state index in [0.717, 1.165) is 40.7 Å². The fraction of sp³-hybridized carbons (Fsp3) is 0.571. The number of hydrogen-bond donors (Lipinski definition) is 4. The van der Waals surface area contributed by atoms with Gasteiger partial charge < -0.3 is 25.9 Å². The number of hydrogen-bond acceptors (Lipinski definition) is 7. The van der Waals surface area contributed by atoms with Crippen LogP contribution < -0.4 is 16.9 Å². The van der Waals surface area contributed by atoms with Crippen molar-refractivity contribution in [3.63, 3.8) is 0 Å². The topological polar surface area (TPSA) is 96.8 Å². The molecule has 1 aromatic rings. The maximum Gasteiger partial charge on any atom is 0.105 e. The maximum absolute atomic E-state index is 9.90. The number of nitrogens with one attached hydrogen (secondary N) is 1.